The molecule has 0 spiro atoms. The molecule has 6 heteroatoms. The molecule has 18 heavy (non-hydrogen) atoms. The molecule has 0 bridgehead atoms. The first kappa shape index (κ1) is 10.3. The van der Waals surface area contributed by atoms with Crippen LogP contribution in [0.5, 0.6) is 0 Å². The Bertz CT molecular complexity index is 826. The molecule has 0 unspecified atom stereocenters. The van der Waals surface area contributed by atoms with Crippen molar-refractivity contribution in [2.75, 3.05) is 0 Å². The van der Waals surface area contributed by atoms with Crippen molar-refractivity contribution in [3.63, 3.8) is 0 Å². The second-order valence-electron chi connectivity index (χ2n) is 4.59. The molecule has 0 aliphatic heterocycles. The average molecular weight is 260 g/mol. The summed E-state index contributed by atoms with van der Waals surface area (Å²) >= 11 is 1.72. The van der Waals surface area contributed by atoms with E-state index in [1.807, 2.05) is 15.9 Å². The van der Waals surface area contributed by atoms with Gasteiger partial charge in [-0.25, -0.2) is 0 Å². The van der Waals surface area contributed by atoms with E-state index in [-0.39, 0.29) is 5.43 Å². The predicted molar refractivity (Wildman–Crippen MR) is 70.3 cm³/mol. The lowest BCUT2D eigenvalue weighted by atomic mass is 10.2. The largest absolute Gasteiger partial charge is 0.305 e. The zero-order chi connectivity index (χ0) is 12.3. The smallest absolute Gasteiger partial charge is 0.237 e. The molecule has 0 N–H and O–H groups in total. The number of rotatable bonds is 1. The van der Waals surface area contributed by atoms with Crippen LogP contribution in [-0.2, 0) is 19.4 Å². The fourth-order valence-electron chi connectivity index (χ4n) is 2.83. The van der Waals surface area contributed by atoms with Crippen molar-refractivity contribution in [1.29, 1.82) is 0 Å². The van der Waals surface area contributed by atoms with Crippen molar-refractivity contribution >= 4 is 27.5 Å². The molecule has 3 aromatic rings. The van der Waals surface area contributed by atoms with Crippen LogP contribution in [0.4, 0.5) is 0 Å². The fraction of sp³-hybridized carbons (Fsp3) is 0.417. The summed E-state index contributed by atoms with van der Waals surface area (Å²) < 4.78 is 3.91. The number of nitrogens with zero attached hydrogens (tertiary/aromatic N) is 4. The van der Waals surface area contributed by atoms with Crippen LogP contribution in [-0.4, -0.2) is 19.2 Å². The first-order valence-electron chi connectivity index (χ1n) is 6.18. The van der Waals surface area contributed by atoms with Gasteiger partial charge in [0, 0.05) is 17.0 Å². The van der Waals surface area contributed by atoms with Gasteiger partial charge in [-0.2, -0.15) is 0 Å². The zero-order valence-corrected chi connectivity index (χ0v) is 10.8. The van der Waals surface area contributed by atoms with E-state index in [9.17, 15) is 4.79 Å². The average Bonchev–Trinajstić information content (AvgIpc) is 3.03. The molecule has 0 aromatic carbocycles. The van der Waals surface area contributed by atoms with Crippen LogP contribution in [0.25, 0.3) is 16.1 Å². The minimum Gasteiger partial charge on any atom is -0.305 e. The van der Waals surface area contributed by atoms with E-state index < -0.39 is 0 Å². The van der Waals surface area contributed by atoms with Gasteiger partial charge in [-0.15, -0.1) is 21.5 Å². The molecule has 92 valence electrons. The van der Waals surface area contributed by atoms with Crippen molar-refractivity contribution in [2.24, 2.45) is 0 Å². The van der Waals surface area contributed by atoms with Gasteiger partial charge in [0.2, 0.25) is 11.2 Å². The van der Waals surface area contributed by atoms with E-state index in [1.54, 1.807) is 17.7 Å². The van der Waals surface area contributed by atoms with E-state index in [1.165, 1.54) is 4.88 Å². The third-order valence-corrected chi connectivity index (χ3v) is 4.94. The fourth-order valence-corrected chi connectivity index (χ4v) is 4.16. The molecule has 0 amide bonds. The lowest BCUT2D eigenvalue weighted by Gasteiger charge is -2.01. The molecule has 5 nitrogen and oxygen atoms in total. The zero-order valence-electron chi connectivity index (χ0n) is 10.0. The summed E-state index contributed by atoms with van der Waals surface area (Å²) in [4.78, 5) is 14.8. The summed E-state index contributed by atoms with van der Waals surface area (Å²) in [6, 6.07) is 0. The van der Waals surface area contributed by atoms with E-state index in [4.69, 9.17) is 0 Å². The lowest BCUT2D eigenvalue weighted by Crippen LogP contribution is -2.11. The van der Waals surface area contributed by atoms with Gasteiger partial charge in [-0.05, 0) is 26.2 Å². The van der Waals surface area contributed by atoms with Crippen LogP contribution >= 0.6 is 11.3 Å². The van der Waals surface area contributed by atoms with Crippen LogP contribution in [0.1, 0.15) is 23.8 Å². The van der Waals surface area contributed by atoms with Crippen molar-refractivity contribution < 1.29 is 0 Å². The van der Waals surface area contributed by atoms with Crippen LogP contribution in [0.3, 0.4) is 0 Å². The number of hydrogen-bond donors (Lipinski definition) is 0. The van der Waals surface area contributed by atoms with Crippen molar-refractivity contribution in [1.82, 2.24) is 19.2 Å². The molecule has 0 fully saturated rings. The van der Waals surface area contributed by atoms with E-state index >= 15 is 0 Å². The number of aromatic nitrogens is 4. The lowest BCUT2D eigenvalue weighted by molar-refractivity contribution is 0.800. The van der Waals surface area contributed by atoms with Gasteiger partial charge >= 0.3 is 0 Å². The summed E-state index contributed by atoms with van der Waals surface area (Å²) in [5.41, 5.74) is 2.02. The van der Waals surface area contributed by atoms with E-state index in [2.05, 4.69) is 10.2 Å². The molecule has 0 saturated carbocycles. The second kappa shape index (κ2) is 3.41. The van der Waals surface area contributed by atoms with Gasteiger partial charge in [0.05, 0.1) is 0 Å². The van der Waals surface area contributed by atoms with Crippen LogP contribution in [0.15, 0.2) is 11.1 Å². The predicted octanol–water partition coefficient (Wildman–Crippen LogP) is 1.61. The Morgan fingerprint density at radius 1 is 1.44 bits per heavy atom. The molecule has 0 saturated heterocycles. The summed E-state index contributed by atoms with van der Waals surface area (Å²) in [7, 11) is 0. The number of aryl methyl sites for hydroxylation is 2. The van der Waals surface area contributed by atoms with Gasteiger partial charge < -0.3 is 4.57 Å². The molecule has 1 aliphatic rings. The Kier molecular flexibility index (Phi) is 1.94. The van der Waals surface area contributed by atoms with Gasteiger partial charge in [-0.1, -0.05) is 0 Å². The third-order valence-electron chi connectivity index (χ3n) is 3.65. The number of hydrogen-bond acceptors (Lipinski definition) is 4. The van der Waals surface area contributed by atoms with Crippen LogP contribution in [0.2, 0.25) is 0 Å². The second-order valence-corrected chi connectivity index (χ2v) is 5.67. The molecule has 0 atom stereocenters. The maximum absolute atomic E-state index is 12.6. The summed E-state index contributed by atoms with van der Waals surface area (Å²) in [5, 5.41) is 8.05. The van der Waals surface area contributed by atoms with Crippen molar-refractivity contribution in [3.8, 4) is 0 Å². The Morgan fingerprint density at radius 3 is 3.17 bits per heavy atom. The Morgan fingerprint density at radius 2 is 2.33 bits per heavy atom. The standard InChI is InChI=1S/C12H12N4OS/c1-2-15-9-10(17)7-4-3-5-8(7)18-11(9)16-6-13-14-12(15)16/h6H,2-5H2,1H3. The third kappa shape index (κ3) is 1.09. The Balaban J connectivity index is 2.30. The van der Waals surface area contributed by atoms with Gasteiger partial charge in [0.1, 0.15) is 16.7 Å². The number of imidazole rings is 1. The highest BCUT2D eigenvalue weighted by molar-refractivity contribution is 7.18. The quantitative estimate of drug-likeness (QED) is 0.668. The monoisotopic (exact) mass is 260 g/mol. The van der Waals surface area contributed by atoms with Crippen molar-refractivity contribution in [2.45, 2.75) is 32.7 Å². The first-order valence-corrected chi connectivity index (χ1v) is 6.99. The molecular weight excluding hydrogens is 248 g/mol. The Hall–Kier alpha value is -1.69. The van der Waals surface area contributed by atoms with Crippen molar-refractivity contribution in [3.05, 3.63) is 27.0 Å². The van der Waals surface area contributed by atoms with Crippen LogP contribution < -0.4 is 5.43 Å². The van der Waals surface area contributed by atoms with E-state index in [0.717, 1.165) is 47.5 Å². The van der Waals surface area contributed by atoms with Gasteiger partial charge in [-0.3, -0.25) is 9.20 Å². The normalized spacial score (nSPS) is 14.7. The topological polar surface area (TPSA) is 52.2 Å². The molecule has 3 aromatic heterocycles. The number of fused-ring (bicyclic) bond motifs is 4. The minimum absolute atomic E-state index is 0.198. The first-order chi connectivity index (χ1) is 8.81. The molecule has 3 heterocycles. The summed E-state index contributed by atoms with van der Waals surface area (Å²) in [5.74, 6) is 0.768. The molecular formula is C12H12N4OS. The van der Waals surface area contributed by atoms with Gasteiger partial charge in [0.25, 0.3) is 0 Å². The van der Waals surface area contributed by atoms with Gasteiger partial charge in [0.15, 0.2) is 0 Å². The highest BCUT2D eigenvalue weighted by atomic mass is 32.1. The SMILES string of the molecule is CCn1c2c(=O)c3c(sc2n2cnnc12)CCC3. The summed E-state index contributed by atoms with van der Waals surface area (Å²) in [6.07, 6.45) is 4.76. The molecule has 0 radical (unpaired) electrons. The maximum atomic E-state index is 12.6. The Labute approximate surface area is 107 Å². The molecule has 1 aliphatic carbocycles. The summed E-state index contributed by atoms with van der Waals surface area (Å²) in [6.45, 7) is 2.78. The highest BCUT2D eigenvalue weighted by Gasteiger charge is 2.22. The molecule has 4 rings (SSSR count). The minimum atomic E-state index is 0.198. The van der Waals surface area contributed by atoms with Crippen LogP contribution in [0, 0.1) is 0 Å². The maximum Gasteiger partial charge on any atom is 0.237 e. The highest BCUT2D eigenvalue weighted by Crippen LogP contribution is 2.30. The van der Waals surface area contributed by atoms with E-state index in [0.29, 0.717) is 0 Å².